The van der Waals surface area contributed by atoms with Crippen LogP contribution in [0.3, 0.4) is 0 Å². The molecule has 0 radical (unpaired) electrons. The number of para-hydroxylation sites is 2. The molecule has 2 N–H and O–H groups in total. The molecule has 31 heavy (non-hydrogen) atoms. The van der Waals surface area contributed by atoms with E-state index in [1.807, 2.05) is 42.5 Å². The van der Waals surface area contributed by atoms with Crippen LogP contribution in [-0.2, 0) is 0 Å². The summed E-state index contributed by atoms with van der Waals surface area (Å²) in [5.74, 6) is 2.58. The molecule has 0 unspecified atom stereocenters. The summed E-state index contributed by atoms with van der Waals surface area (Å²) < 4.78 is 5.88. The number of aromatic amines is 2. The fourth-order valence-electron chi connectivity index (χ4n) is 3.66. The van der Waals surface area contributed by atoms with Crippen LogP contribution >= 0.6 is 0 Å². The van der Waals surface area contributed by atoms with Crippen molar-refractivity contribution >= 4 is 22.1 Å². The van der Waals surface area contributed by atoms with Crippen molar-refractivity contribution < 1.29 is 4.74 Å². The molecule has 2 aromatic heterocycles. The molecule has 0 fully saturated rings. The standard InChI is InChI=1S/C25H25N5O/c1-30(2)14-5-15-31-19-12-13-22-23(16-19)29-25(28-22)18-10-8-17(9-11-18)24-26-20-6-3-4-7-21(20)27-24/h3-4,6-13,16H,5,14-15H2,1-2H3,(H,26,27)(H,28,29). The van der Waals surface area contributed by atoms with E-state index in [4.69, 9.17) is 9.72 Å². The summed E-state index contributed by atoms with van der Waals surface area (Å²) >= 11 is 0. The van der Waals surface area contributed by atoms with Crippen LogP contribution in [0.4, 0.5) is 0 Å². The summed E-state index contributed by atoms with van der Waals surface area (Å²) in [6.07, 6.45) is 0.997. The largest absolute Gasteiger partial charge is 0.493 e. The minimum absolute atomic E-state index is 0.702. The third kappa shape index (κ3) is 4.15. The lowest BCUT2D eigenvalue weighted by Crippen LogP contribution is -2.15. The zero-order chi connectivity index (χ0) is 21.2. The Morgan fingerprint density at radius 3 is 2.10 bits per heavy atom. The molecule has 6 heteroatoms. The second kappa shape index (κ2) is 8.24. The van der Waals surface area contributed by atoms with Crippen molar-refractivity contribution in [2.45, 2.75) is 6.42 Å². The van der Waals surface area contributed by atoms with E-state index >= 15 is 0 Å². The average molecular weight is 412 g/mol. The van der Waals surface area contributed by atoms with Crippen molar-refractivity contribution in [2.24, 2.45) is 0 Å². The number of nitrogens with one attached hydrogen (secondary N) is 2. The molecule has 0 aliphatic rings. The molecule has 0 bridgehead atoms. The lowest BCUT2D eigenvalue weighted by molar-refractivity contribution is 0.282. The first-order valence-corrected chi connectivity index (χ1v) is 10.5. The number of aromatic nitrogens is 4. The lowest BCUT2D eigenvalue weighted by atomic mass is 10.1. The second-order valence-corrected chi connectivity index (χ2v) is 7.95. The van der Waals surface area contributed by atoms with E-state index in [0.29, 0.717) is 6.61 Å². The molecule has 0 spiro atoms. The highest BCUT2D eigenvalue weighted by atomic mass is 16.5. The fraction of sp³-hybridized carbons (Fsp3) is 0.200. The van der Waals surface area contributed by atoms with Crippen LogP contribution < -0.4 is 4.74 Å². The van der Waals surface area contributed by atoms with Crippen molar-refractivity contribution in [3.63, 3.8) is 0 Å². The van der Waals surface area contributed by atoms with Crippen molar-refractivity contribution in [2.75, 3.05) is 27.2 Å². The van der Waals surface area contributed by atoms with E-state index in [0.717, 1.165) is 63.6 Å². The molecule has 0 aliphatic carbocycles. The van der Waals surface area contributed by atoms with Gasteiger partial charge in [0.05, 0.1) is 28.7 Å². The van der Waals surface area contributed by atoms with E-state index in [1.165, 1.54) is 0 Å². The van der Waals surface area contributed by atoms with Gasteiger partial charge >= 0.3 is 0 Å². The Morgan fingerprint density at radius 1 is 0.774 bits per heavy atom. The number of benzene rings is 3. The predicted molar refractivity (Wildman–Crippen MR) is 125 cm³/mol. The van der Waals surface area contributed by atoms with Crippen molar-refractivity contribution in [1.82, 2.24) is 24.8 Å². The third-order valence-corrected chi connectivity index (χ3v) is 5.29. The number of ether oxygens (including phenoxy) is 1. The van der Waals surface area contributed by atoms with E-state index in [-0.39, 0.29) is 0 Å². The fourth-order valence-corrected chi connectivity index (χ4v) is 3.66. The first-order chi connectivity index (χ1) is 15.2. The van der Waals surface area contributed by atoms with Gasteiger partial charge in [0.15, 0.2) is 0 Å². The molecule has 0 saturated heterocycles. The zero-order valence-electron chi connectivity index (χ0n) is 17.7. The number of fused-ring (bicyclic) bond motifs is 2. The first kappa shape index (κ1) is 19.3. The maximum absolute atomic E-state index is 5.88. The molecule has 0 saturated carbocycles. The van der Waals surface area contributed by atoms with Gasteiger partial charge < -0.3 is 19.6 Å². The normalized spacial score (nSPS) is 11.6. The second-order valence-electron chi connectivity index (χ2n) is 7.95. The number of nitrogens with zero attached hydrogens (tertiary/aromatic N) is 3. The zero-order valence-corrected chi connectivity index (χ0v) is 17.7. The Hall–Kier alpha value is -3.64. The molecule has 0 aliphatic heterocycles. The van der Waals surface area contributed by atoms with Gasteiger partial charge in [-0.2, -0.15) is 0 Å². The van der Waals surface area contributed by atoms with Gasteiger partial charge in [-0.15, -0.1) is 0 Å². The van der Waals surface area contributed by atoms with Crippen LogP contribution in [0.25, 0.3) is 44.8 Å². The SMILES string of the molecule is CN(C)CCCOc1ccc2nc(-c3ccc(-c4nc5ccccc5[nH]4)cc3)[nH]c2c1. The molecule has 2 heterocycles. The average Bonchev–Trinajstić information content (AvgIpc) is 3.40. The number of hydrogen-bond acceptors (Lipinski definition) is 4. The van der Waals surface area contributed by atoms with Gasteiger partial charge in [-0.3, -0.25) is 0 Å². The highest BCUT2D eigenvalue weighted by molar-refractivity contribution is 5.82. The van der Waals surface area contributed by atoms with Crippen LogP contribution in [0.2, 0.25) is 0 Å². The van der Waals surface area contributed by atoms with Crippen LogP contribution in [-0.4, -0.2) is 52.1 Å². The smallest absolute Gasteiger partial charge is 0.138 e. The monoisotopic (exact) mass is 411 g/mol. The molecular weight excluding hydrogens is 386 g/mol. The summed E-state index contributed by atoms with van der Waals surface area (Å²) in [6.45, 7) is 1.72. The van der Waals surface area contributed by atoms with Gasteiger partial charge in [0.25, 0.3) is 0 Å². The summed E-state index contributed by atoms with van der Waals surface area (Å²) in [7, 11) is 4.14. The molecule has 6 nitrogen and oxygen atoms in total. The van der Waals surface area contributed by atoms with Gasteiger partial charge in [0.1, 0.15) is 17.4 Å². The van der Waals surface area contributed by atoms with Crippen LogP contribution in [0, 0.1) is 0 Å². The molecule has 0 amide bonds. The predicted octanol–water partition coefficient (Wildman–Crippen LogP) is 5.10. The molecule has 5 aromatic rings. The summed E-state index contributed by atoms with van der Waals surface area (Å²) in [5.41, 5.74) is 5.99. The Labute approximate surface area is 180 Å². The van der Waals surface area contributed by atoms with Crippen molar-refractivity contribution in [3.8, 4) is 28.5 Å². The highest BCUT2D eigenvalue weighted by Gasteiger charge is 2.09. The van der Waals surface area contributed by atoms with E-state index < -0.39 is 0 Å². The van der Waals surface area contributed by atoms with Crippen LogP contribution in [0.15, 0.2) is 66.7 Å². The van der Waals surface area contributed by atoms with Gasteiger partial charge in [0.2, 0.25) is 0 Å². The number of rotatable bonds is 7. The third-order valence-electron chi connectivity index (χ3n) is 5.29. The quantitative estimate of drug-likeness (QED) is 0.366. The minimum atomic E-state index is 0.702. The van der Waals surface area contributed by atoms with E-state index in [9.17, 15) is 0 Å². The van der Waals surface area contributed by atoms with E-state index in [1.54, 1.807) is 0 Å². The maximum Gasteiger partial charge on any atom is 0.138 e. The molecular formula is C25H25N5O. The molecule has 3 aromatic carbocycles. The van der Waals surface area contributed by atoms with Gasteiger partial charge in [0, 0.05) is 23.7 Å². The Kier molecular flexibility index (Phi) is 5.14. The number of hydrogen-bond donors (Lipinski definition) is 2. The highest BCUT2D eigenvalue weighted by Crippen LogP contribution is 2.26. The van der Waals surface area contributed by atoms with Crippen LogP contribution in [0.5, 0.6) is 5.75 Å². The Bertz CT molecular complexity index is 1280. The summed E-state index contributed by atoms with van der Waals surface area (Å²) in [6, 6.07) is 22.3. The molecule has 156 valence electrons. The Morgan fingerprint density at radius 2 is 1.42 bits per heavy atom. The van der Waals surface area contributed by atoms with Crippen molar-refractivity contribution in [3.05, 3.63) is 66.7 Å². The van der Waals surface area contributed by atoms with Gasteiger partial charge in [-0.1, -0.05) is 36.4 Å². The van der Waals surface area contributed by atoms with E-state index in [2.05, 4.69) is 58.2 Å². The topological polar surface area (TPSA) is 69.8 Å². The van der Waals surface area contributed by atoms with Crippen molar-refractivity contribution in [1.29, 1.82) is 0 Å². The molecule has 0 atom stereocenters. The van der Waals surface area contributed by atoms with Gasteiger partial charge in [-0.25, -0.2) is 9.97 Å². The van der Waals surface area contributed by atoms with Gasteiger partial charge in [-0.05, 0) is 44.8 Å². The maximum atomic E-state index is 5.88. The summed E-state index contributed by atoms with van der Waals surface area (Å²) in [5, 5.41) is 0. The number of imidazole rings is 2. The Balaban J connectivity index is 1.34. The number of H-pyrrole nitrogens is 2. The van der Waals surface area contributed by atoms with Crippen LogP contribution in [0.1, 0.15) is 6.42 Å². The molecule has 5 rings (SSSR count). The lowest BCUT2D eigenvalue weighted by Gasteiger charge is -2.10. The summed E-state index contributed by atoms with van der Waals surface area (Å²) in [4.78, 5) is 18.4. The minimum Gasteiger partial charge on any atom is -0.493 e. The first-order valence-electron chi connectivity index (χ1n) is 10.5.